The maximum atomic E-state index is 12.6. The summed E-state index contributed by atoms with van der Waals surface area (Å²) in [6.45, 7) is 0.570. The summed E-state index contributed by atoms with van der Waals surface area (Å²) in [6, 6.07) is 7.62. The van der Waals surface area contributed by atoms with Crippen LogP contribution in [0.1, 0.15) is 42.5 Å². The second-order valence-corrected chi connectivity index (χ2v) is 6.10. The standard InChI is InChI=1S/C17H18N2O2/c20-15(13-4-5-14-12(10-13)6-9-18-14)16-19-17(11-21-16)7-2-1-3-8-17/h4-6,9-10,18H,1-3,7-8,11H2. The summed E-state index contributed by atoms with van der Waals surface area (Å²) in [5.74, 6) is 0.201. The Morgan fingerprint density at radius 1 is 1.19 bits per heavy atom. The number of H-pyrrole nitrogens is 1. The summed E-state index contributed by atoms with van der Waals surface area (Å²) in [4.78, 5) is 20.4. The van der Waals surface area contributed by atoms with Crippen molar-refractivity contribution in [3.05, 3.63) is 36.0 Å². The summed E-state index contributed by atoms with van der Waals surface area (Å²) < 4.78 is 5.65. The Balaban J connectivity index is 1.63. The Morgan fingerprint density at radius 2 is 2.05 bits per heavy atom. The van der Waals surface area contributed by atoms with Crippen LogP contribution in [0.2, 0.25) is 0 Å². The van der Waals surface area contributed by atoms with Crippen LogP contribution in [0.3, 0.4) is 0 Å². The van der Waals surface area contributed by atoms with E-state index in [-0.39, 0.29) is 11.3 Å². The van der Waals surface area contributed by atoms with E-state index in [1.807, 2.05) is 30.5 Å². The number of ketones is 1. The lowest BCUT2D eigenvalue weighted by atomic mass is 9.83. The molecule has 1 aromatic carbocycles. The van der Waals surface area contributed by atoms with Crippen molar-refractivity contribution < 1.29 is 9.53 Å². The van der Waals surface area contributed by atoms with Gasteiger partial charge in [0.2, 0.25) is 5.78 Å². The fourth-order valence-electron chi connectivity index (χ4n) is 3.38. The Hall–Kier alpha value is -2.10. The summed E-state index contributed by atoms with van der Waals surface area (Å²) >= 11 is 0. The number of aromatic nitrogens is 1. The van der Waals surface area contributed by atoms with Crippen molar-refractivity contribution in [2.24, 2.45) is 4.99 Å². The Labute approximate surface area is 123 Å². The van der Waals surface area contributed by atoms with Gasteiger partial charge in [0.05, 0.1) is 5.54 Å². The molecule has 4 heteroatoms. The molecule has 2 heterocycles. The second-order valence-electron chi connectivity index (χ2n) is 6.10. The molecule has 108 valence electrons. The van der Waals surface area contributed by atoms with Crippen molar-refractivity contribution in [3.63, 3.8) is 0 Å². The van der Waals surface area contributed by atoms with E-state index in [2.05, 4.69) is 9.98 Å². The SMILES string of the molecule is O=C(C1=NC2(CCCCC2)CO1)c1ccc2[nH]ccc2c1. The van der Waals surface area contributed by atoms with E-state index >= 15 is 0 Å². The van der Waals surface area contributed by atoms with Crippen LogP contribution in [-0.2, 0) is 4.74 Å². The summed E-state index contributed by atoms with van der Waals surface area (Å²) in [5.41, 5.74) is 1.56. The molecule has 0 radical (unpaired) electrons. The maximum absolute atomic E-state index is 12.6. The summed E-state index contributed by atoms with van der Waals surface area (Å²) in [5, 5.41) is 1.03. The van der Waals surface area contributed by atoms with Gasteiger partial charge in [-0.25, -0.2) is 4.99 Å². The zero-order valence-electron chi connectivity index (χ0n) is 11.9. The van der Waals surface area contributed by atoms with Crippen molar-refractivity contribution in [1.82, 2.24) is 4.98 Å². The fraction of sp³-hybridized carbons (Fsp3) is 0.412. The number of hydrogen-bond donors (Lipinski definition) is 1. The minimum Gasteiger partial charge on any atom is -0.473 e. The van der Waals surface area contributed by atoms with Gasteiger partial charge in [0, 0.05) is 22.7 Å². The molecule has 1 aliphatic carbocycles. The number of hydrogen-bond acceptors (Lipinski definition) is 3. The number of aromatic amines is 1. The Morgan fingerprint density at radius 3 is 2.90 bits per heavy atom. The van der Waals surface area contributed by atoms with Gasteiger partial charge in [0.25, 0.3) is 5.90 Å². The van der Waals surface area contributed by atoms with Crippen LogP contribution in [0.25, 0.3) is 10.9 Å². The highest BCUT2D eigenvalue weighted by atomic mass is 16.5. The molecular formula is C17H18N2O2. The molecule has 1 aliphatic heterocycles. The quantitative estimate of drug-likeness (QED) is 0.857. The van der Waals surface area contributed by atoms with Crippen LogP contribution in [0, 0.1) is 0 Å². The van der Waals surface area contributed by atoms with E-state index in [0.717, 1.165) is 23.7 Å². The lowest BCUT2D eigenvalue weighted by molar-refractivity contribution is 0.103. The van der Waals surface area contributed by atoms with E-state index in [1.54, 1.807) is 0 Å². The molecule has 0 unspecified atom stereocenters. The van der Waals surface area contributed by atoms with Gasteiger partial charge in [-0.1, -0.05) is 19.3 Å². The number of carbonyl (C=O) groups is 1. The highest BCUT2D eigenvalue weighted by molar-refractivity contribution is 6.43. The number of ether oxygens (including phenoxy) is 1. The van der Waals surface area contributed by atoms with Crippen LogP contribution < -0.4 is 0 Å². The lowest BCUT2D eigenvalue weighted by Crippen LogP contribution is -2.30. The van der Waals surface area contributed by atoms with Gasteiger partial charge in [0.1, 0.15) is 6.61 Å². The molecular weight excluding hydrogens is 264 g/mol. The van der Waals surface area contributed by atoms with Gasteiger partial charge in [0.15, 0.2) is 0 Å². The van der Waals surface area contributed by atoms with Crippen LogP contribution in [0.4, 0.5) is 0 Å². The van der Waals surface area contributed by atoms with E-state index < -0.39 is 0 Å². The number of carbonyl (C=O) groups excluding carboxylic acids is 1. The largest absolute Gasteiger partial charge is 0.473 e. The predicted octanol–water partition coefficient (Wildman–Crippen LogP) is 3.48. The van der Waals surface area contributed by atoms with Crippen molar-refractivity contribution in [2.75, 3.05) is 6.61 Å². The first-order valence-corrected chi connectivity index (χ1v) is 7.60. The van der Waals surface area contributed by atoms with Crippen LogP contribution in [-0.4, -0.2) is 28.8 Å². The van der Waals surface area contributed by atoms with E-state index in [9.17, 15) is 4.79 Å². The number of rotatable bonds is 2. The molecule has 1 fully saturated rings. The average molecular weight is 282 g/mol. The molecule has 0 bridgehead atoms. The van der Waals surface area contributed by atoms with Gasteiger partial charge < -0.3 is 9.72 Å². The monoisotopic (exact) mass is 282 g/mol. The molecule has 4 nitrogen and oxygen atoms in total. The van der Waals surface area contributed by atoms with E-state index in [0.29, 0.717) is 18.1 Å². The minimum atomic E-state index is -0.124. The highest BCUT2D eigenvalue weighted by Gasteiger charge is 2.39. The molecule has 0 amide bonds. The zero-order chi connectivity index (χ0) is 14.3. The van der Waals surface area contributed by atoms with Gasteiger partial charge >= 0.3 is 0 Å². The van der Waals surface area contributed by atoms with Gasteiger partial charge in [-0.2, -0.15) is 0 Å². The highest BCUT2D eigenvalue weighted by Crippen LogP contribution is 2.35. The minimum absolute atomic E-state index is 0.0967. The molecule has 1 N–H and O–H groups in total. The number of aliphatic imine (C=N–C) groups is 1. The van der Waals surface area contributed by atoms with Crippen molar-refractivity contribution in [3.8, 4) is 0 Å². The third-order valence-electron chi connectivity index (χ3n) is 4.61. The van der Waals surface area contributed by atoms with Crippen LogP contribution >= 0.6 is 0 Å². The molecule has 4 rings (SSSR count). The van der Waals surface area contributed by atoms with Crippen molar-refractivity contribution >= 4 is 22.6 Å². The first-order valence-electron chi connectivity index (χ1n) is 7.60. The maximum Gasteiger partial charge on any atom is 0.259 e. The smallest absolute Gasteiger partial charge is 0.259 e. The van der Waals surface area contributed by atoms with Crippen LogP contribution in [0.5, 0.6) is 0 Å². The third kappa shape index (κ3) is 2.15. The van der Waals surface area contributed by atoms with Crippen molar-refractivity contribution in [2.45, 2.75) is 37.6 Å². The first-order chi connectivity index (χ1) is 10.3. The number of nitrogens with zero attached hydrogens (tertiary/aromatic N) is 1. The molecule has 0 saturated heterocycles. The van der Waals surface area contributed by atoms with Crippen molar-refractivity contribution in [1.29, 1.82) is 0 Å². The van der Waals surface area contributed by atoms with Gasteiger partial charge in [-0.3, -0.25) is 4.79 Å². The topological polar surface area (TPSA) is 54.4 Å². The fourth-order valence-corrected chi connectivity index (χ4v) is 3.38. The molecule has 1 saturated carbocycles. The zero-order valence-corrected chi connectivity index (χ0v) is 11.9. The van der Waals surface area contributed by atoms with E-state index in [1.165, 1.54) is 19.3 Å². The number of nitrogens with one attached hydrogen (secondary N) is 1. The second kappa shape index (κ2) is 4.72. The number of fused-ring (bicyclic) bond motifs is 1. The molecule has 1 spiro atoms. The van der Waals surface area contributed by atoms with E-state index in [4.69, 9.17) is 4.74 Å². The van der Waals surface area contributed by atoms with Gasteiger partial charge in [-0.05, 0) is 37.1 Å². The molecule has 1 aromatic heterocycles. The van der Waals surface area contributed by atoms with Crippen LogP contribution in [0.15, 0.2) is 35.5 Å². The normalized spacial score (nSPS) is 20.5. The summed E-state index contributed by atoms with van der Waals surface area (Å²) in [6.07, 6.45) is 7.60. The number of benzene rings is 1. The Bertz CT molecular complexity index is 723. The first kappa shape index (κ1) is 12.6. The number of Topliss-reactive ketones (excluding diaryl/α,β-unsaturated/α-hetero) is 1. The Kier molecular flexibility index (Phi) is 2.84. The average Bonchev–Trinajstić information content (AvgIpc) is 3.14. The molecule has 21 heavy (non-hydrogen) atoms. The third-order valence-corrected chi connectivity index (χ3v) is 4.61. The molecule has 2 aromatic rings. The molecule has 2 aliphatic rings. The lowest BCUT2D eigenvalue weighted by Gasteiger charge is -2.27. The summed E-state index contributed by atoms with van der Waals surface area (Å²) in [7, 11) is 0. The molecule has 0 atom stereocenters. The van der Waals surface area contributed by atoms with Gasteiger partial charge in [-0.15, -0.1) is 0 Å². The predicted molar refractivity (Wildman–Crippen MR) is 81.8 cm³/mol.